The van der Waals surface area contributed by atoms with E-state index in [-0.39, 0.29) is 11.5 Å². The molecule has 64 valence electrons. The number of pyridine rings is 1. The summed E-state index contributed by atoms with van der Waals surface area (Å²) in [5.41, 5.74) is 5.80. The quantitative estimate of drug-likeness (QED) is 0.589. The van der Waals surface area contributed by atoms with Gasteiger partial charge in [0, 0.05) is 5.69 Å². The average Bonchev–Trinajstić information content (AvgIpc) is 1.82. The topological polar surface area (TPSA) is 82.0 Å². The summed E-state index contributed by atoms with van der Waals surface area (Å²) in [5, 5.41) is 10.4. The zero-order valence-corrected chi connectivity index (χ0v) is 7.83. The summed E-state index contributed by atoms with van der Waals surface area (Å²) >= 11 is 3.04. The molecule has 1 aromatic rings. The third kappa shape index (κ3) is 1.53. The lowest BCUT2D eigenvalue weighted by atomic mass is 10.3. The lowest BCUT2D eigenvalue weighted by molar-refractivity contribution is -0.385. The Morgan fingerprint density at radius 2 is 2.33 bits per heavy atom. The van der Waals surface area contributed by atoms with Crippen molar-refractivity contribution in [2.45, 2.75) is 6.92 Å². The van der Waals surface area contributed by atoms with Crippen molar-refractivity contribution in [1.82, 2.24) is 4.98 Å². The van der Waals surface area contributed by atoms with Gasteiger partial charge >= 0.3 is 5.69 Å². The van der Waals surface area contributed by atoms with E-state index in [1.54, 1.807) is 13.0 Å². The van der Waals surface area contributed by atoms with Gasteiger partial charge in [-0.15, -0.1) is 0 Å². The van der Waals surface area contributed by atoms with Gasteiger partial charge in [-0.3, -0.25) is 10.1 Å². The molecule has 1 heterocycles. The molecule has 0 unspecified atom stereocenters. The van der Waals surface area contributed by atoms with E-state index in [0.29, 0.717) is 10.2 Å². The maximum absolute atomic E-state index is 10.4. The molecule has 0 bridgehead atoms. The van der Waals surface area contributed by atoms with Gasteiger partial charge in [-0.25, -0.2) is 4.98 Å². The molecule has 2 N–H and O–H groups in total. The van der Waals surface area contributed by atoms with Crippen molar-refractivity contribution in [3.05, 3.63) is 26.3 Å². The Labute approximate surface area is 76.9 Å². The summed E-state index contributed by atoms with van der Waals surface area (Å²) in [7, 11) is 0. The van der Waals surface area contributed by atoms with E-state index >= 15 is 0 Å². The number of nitrogens with zero attached hydrogens (tertiary/aromatic N) is 2. The molecule has 0 aliphatic heterocycles. The van der Waals surface area contributed by atoms with Crippen LogP contribution in [0.1, 0.15) is 5.69 Å². The van der Waals surface area contributed by atoms with E-state index in [1.165, 1.54) is 0 Å². The van der Waals surface area contributed by atoms with Gasteiger partial charge in [-0.2, -0.15) is 0 Å². The standard InChI is InChI=1S/C6H6BrN3O2/c1-3-2-4(7)5(10(11)12)6(8)9-3/h2H,1H3,(H2,8,9). The van der Waals surface area contributed by atoms with Crippen molar-refractivity contribution in [3.63, 3.8) is 0 Å². The summed E-state index contributed by atoms with van der Waals surface area (Å²) < 4.78 is 0.359. The summed E-state index contributed by atoms with van der Waals surface area (Å²) in [6.45, 7) is 1.71. The smallest absolute Gasteiger partial charge is 0.325 e. The van der Waals surface area contributed by atoms with Crippen LogP contribution >= 0.6 is 15.9 Å². The third-order valence-corrected chi connectivity index (χ3v) is 1.89. The van der Waals surface area contributed by atoms with Gasteiger partial charge in [0.25, 0.3) is 0 Å². The molecule has 0 saturated heterocycles. The highest BCUT2D eigenvalue weighted by molar-refractivity contribution is 9.10. The molecule has 1 aromatic heterocycles. The van der Waals surface area contributed by atoms with E-state index in [2.05, 4.69) is 20.9 Å². The molecule has 0 amide bonds. The first-order chi connectivity index (χ1) is 5.52. The van der Waals surface area contributed by atoms with Crippen molar-refractivity contribution in [2.24, 2.45) is 0 Å². The zero-order valence-electron chi connectivity index (χ0n) is 6.24. The maximum Gasteiger partial charge on any atom is 0.325 e. The van der Waals surface area contributed by atoms with Crippen LogP contribution < -0.4 is 5.73 Å². The molecule has 0 aliphatic carbocycles. The lowest BCUT2D eigenvalue weighted by Gasteiger charge is -1.99. The number of nitro groups is 1. The Morgan fingerprint density at radius 3 is 2.75 bits per heavy atom. The number of aromatic nitrogens is 1. The molecule has 6 heteroatoms. The molecule has 1 rings (SSSR count). The van der Waals surface area contributed by atoms with Crippen molar-refractivity contribution < 1.29 is 4.92 Å². The second-order valence-corrected chi connectivity index (χ2v) is 3.09. The van der Waals surface area contributed by atoms with Gasteiger partial charge in [0.05, 0.1) is 4.92 Å². The molecule has 12 heavy (non-hydrogen) atoms. The number of nitrogens with two attached hydrogens (primary N) is 1. The second-order valence-electron chi connectivity index (χ2n) is 2.24. The summed E-state index contributed by atoms with van der Waals surface area (Å²) in [6.07, 6.45) is 0. The first-order valence-electron chi connectivity index (χ1n) is 3.09. The first-order valence-corrected chi connectivity index (χ1v) is 3.88. The highest BCUT2D eigenvalue weighted by Gasteiger charge is 2.17. The SMILES string of the molecule is Cc1cc(Br)c([N+](=O)[O-])c(N)n1. The fourth-order valence-corrected chi connectivity index (χ4v) is 1.51. The molecular formula is C6H6BrN3O2. The van der Waals surface area contributed by atoms with Crippen LogP contribution in [0.4, 0.5) is 11.5 Å². The van der Waals surface area contributed by atoms with Crippen LogP contribution in [-0.4, -0.2) is 9.91 Å². The van der Waals surface area contributed by atoms with Crippen LogP contribution in [0.5, 0.6) is 0 Å². The Balaban J connectivity index is 3.38. The molecule has 0 saturated carbocycles. The normalized spacial score (nSPS) is 9.83. The van der Waals surface area contributed by atoms with Gasteiger partial charge in [-0.1, -0.05) is 0 Å². The molecule has 0 aromatic carbocycles. The Morgan fingerprint density at radius 1 is 1.75 bits per heavy atom. The van der Waals surface area contributed by atoms with Crippen LogP contribution in [0.25, 0.3) is 0 Å². The summed E-state index contributed by atoms with van der Waals surface area (Å²) in [4.78, 5) is 13.6. The highest BCUT2D eigenvalue weighted by Crippen LogP contribution is 2.29. The fraction of sp³-hybridized carbons (Fsp3) is 0.167. The number of hydrogen-bond acceptors (Lipinski definition) is 4. The zero-order chi connectivity index (χ0) is 9.30. The number of halogens is 1. The third-order valence-electron chi connectivity index (χ3n) is 1.28. The van der Waals surface area contributed by atoms with Crippen LogP contribution in [0.15, 0.2) is 10.5 Å². The fourth-order valence-electron chi connectivity index (χ4n) is 0.830. The van der Waals surface area contributed by atoms with Gasteiger partial charge in [0.15, 0.2) is 0 Å². The van der Waals surface area contributed by atoms with Gasteiger partial charge < -0.3 is 5.73 Å². The largest absolute Gasteiger partial charge is 0.378 e. The molecule has 5 nitrogen and oxygen atoms in total. The Hall–Kier alpha value is -1.17. The number of aryl methyl sites for hydroxylation is 1. The summed E-state index contributed by atoms with van der Waals surface area (Å²) in [6, 6.07) is 1.55. The number of rotatable bonds is 1. The van der Waals surface area contributed by atoms with Crippen LogP contribution in [0.2, 0.25) is 0 Å². The average molecular weight is 232 g/mol. The van der Waals surface area contributed by atoms with Gasteiger partial charge in [-0.05, 0) is 28.9 Å². The second kappa shape index (κ2) is 3.06. The Bertz CT molecular complexity index is 317. The first kappa shape index (κ1) is 8.92. The molecule has 0 fully saturated rings. The molecular weight excluding hydrogens is 226 g/mol. The number of anilines is 1. The maximum atomic E-state index is 10.4. The monoisotopic (exact) mass is 231 g/mol. The Kier molecular flexibility index (Phi) is 2.27. The minimum atomic E-state index is -0.564. The van der Waals surface area contributed by atoms with Gasteiger partial charge in [0.1, 0.15) is 4.47 Å². The molecule has 0 aliphatic rings. The minimum Gasteiger partial charge on any atom is -0.378 e. The lowest BCUT2D eigenvalue weighted by Crippen LogP contribution is -2.00. The predicted octanol–water partition coefficient (Wildman–Crippen LogP) is 1.64. The molecule has 0 spiro atoms. The van der Waals surface area contributed by atoms with Crippen molar-refractivity contribution in [2.75, 3.05) is 5.73 Å². The molecule has 0 atom stereocenters. The van der Waals surface area contributed by atoms with Gasteiger partial charge in [0.2, 0.25) is 5.82 Å². The van der Waals surface area contributed by atoms with Crippen LogP contribution in [0, 0.1) is 17.0 Å². The van der Waals surface area contributed by atoms with E-state index in [4.69, 9.17) is 5.73 Å². The van der Waals surface area contributed by atoms with Crippen molar-refractivity contribution >= 4 is 27.4 Å². The predicted molar refractivity (Wildman–Crippen MR) is 47.7 cm³/mol. The van der Waals surface area contributed by atoms with E-state index in [9.17, 15) is 10.1 Å². The van der Waals surface area contributed by atoms with E-state index in [1.807, 2.05) is 0 Å². The number of nitrogen functional groups attached to an aromatic ring is 1. The minimum absolute atomic E-state index is 0.0631. The number of hydrogen-bond donors (Lipinski definition) is 1. The van der Waals surface area contributed by atoms with Crippen LogP contribution in [-0.2, 0) is 0 Å². The van der Waals surface area contributed by atoms with Crippen molar-refractivity contribution in [1.29, 1.82) is 0 Å². The van der Waals surface area contributed by atoms with Crippen molar-refractivity contribution in [3.8, 4) is 0 Å². The van der Waals surface area contributed by atoms with Crippen LogP contribution in [0.3, 0.4) is 0 Å². The summed E-state index contributed by atoms with van der Waals surface area (Å²) in [5.74, 6) is -0.0631. The van der Waals surface area contributed by atoms with E-state index in [0.717, 1.165) is 0 Å². The molecule has 0 radical (unpaired) electrons. The van der Waals surface area contributed by atoms with E-state index < -0.39 is 4.92 Å². The highest BCUT2D eigenvalue weighted by atomic mass is 79.9.